The molecule has 0 aliphatic rings. The summed E-state index contributed by atoms with van der Waals surface area (Å²) in [5.74, 6) is 1.85. The van der Waals surface area contributed by atoms with E-state index in [1.54, 1.807) is 0 Å². The first-order chi connectivity index (χ1) is 6.80. The molecule has 1 aromatic rings. The second kappa shape index (κ2) is 5.47. The van der Waals surface area contributed by atoms with Crippen LogP contribution in [-0.2, 0) is 0 Å². The fourth-order valence-electron chi connectivity index (χ4n) is 1.36. The van der Waals surface area contributed by atoms with Crippen LogP contribution in [0.5, 0.6) is 0 Å². The number of hydrogen-bond donors (Lipinski definition) is 2. The number of aromatic nitrogens is 1. The van der Waals surface area contributed by atoms with Crippen LogP contribution in [0.15, 0.2) is 18.2 Å². The summed E-state index contributed by atoms with van der Waals surface area (Å²) in [7, 11) is 1.88. The van der Waals surface area contributed by atoms with Crippen LogP contribution >= 0.6 is 0 Å². The lowest BCUT2D eigenvalue weighted by Gasteiger charge is -2.15. The molecule has 0 saturated carbocycles. The van der Waals surface area contributed by atoms with Gasteiger partial charge in [-0.05, 0) is 25.0 Å². The van der Waals surface area contributed by atoms with Gasteiger partial charge in [0.05, 0.1) is 0 Å². The summed E-state index contributed by atoms with van der Waals surface area (Å²) in [6.45, 7) is 4.37. The Hall–Kier alpha value is -1.25. The first-order valence-corrected chi connectivity index (χ1v) is 5.21. The summed E-state index contributed by atoms with van der Waals surface area (Å²) in [6, 6.07) is 6.48. The molecule has 78 valence electrons. The molecule has 3 nitrogen and oxygen atoms in total. The maximum atomic E-state index is 4.40. The average Bonchev–Trinajstić information content (AvgIpc) is 2.26. The largest absolute Gasteiger partial charge is 0.373 e. The van der Waals surface area contributed by atoms with Crippen LogP contribution in [0.4, 0.5) is 11.6 Å². The van der Waals surface area contributed by atoms with Gasteiger partial charge in [0, 0.05) is 13.1 Å². The number of anilines is 2. The highest BCUT2D eigenvalue weighted by molar-refractivity contribution is 5.45. The van der Waals surface area contributed by atoms with Gasteiger partial charge in [-0.25, -0.2) is 4.98 Å². The van der Waals surface area contributed by atoms with Gasteiger partial charge < -0.3 is 10.6 Å². The summed E-state index contributed by atoms with van der Waals surface area (Å²) >= 11 is 0. The fraction of sp³-hybridized carbons (Fsp3) is 0.545. The molecule has 1 rings (SSSR count). The molecule has 0 radical (unpaired) electrons. The number of nitrogens with one attached hydrogen (secondary N) is 2. The standard InChI is InChI=1S/C11H19N3/c1-4-9(5-2)13-11-8-6-7-10(12-3)14-11/h6-9H,4-5H2,1-3H3,(H2,12,13,14). The zero-order chi connectivity index (χ0) is 10.4. The molecule has 3 heteroatoms. The molecule has 0 aromatic carbocycles. The SMILES string of the molecule is CCC(CC)Nc1cccc(NC)n1. The molecule has 0 unspecified atom stereocenters. The molecule has 0 spiro atoms. The van der Waals surface area contributed by atoms with Gasteiger partial charge in [0.15, 0.2) is 0 Å². The van der Waals surface area contributed by atoms with Crippen LogP contribution in [0, 0.1) is 0 Å². The van der Waals surface area contributed by atoms with Crippen molar-refractivity contribution in [3.8, 4) is 0 Å². The first-order valence-electron chi connectivity index (χ1n) is 5.21. The Balaban J connectivity index is 2.65. The third kappa shape index (κ3) is 2.91. The quantitative estimate of drug-likeness (QED) is 0.755. The van der Waals surface area contributed by atoms with Crippen LogP contribution in [-0.4, -0.2) is 18.1 Å². The summed E-state index contributed by atoms with van der Waals surface area (Å²) < 4.78 is 0. The first kappa shape index (κ1) is 10.8. The van der Waals surface area contributed by atoms with E-state index in [0.717, 1.165) is 24.5 Å². The van der Waals surface area contributed by atoms with Gasteiger partial charge in [-0.3, -0.25) is 0 Å². The third-order valence-electron chi connectivity index (χ3n) is 2.34. The Morgan fingerprint density at radius 3 is 2.43 bits per heavy atom. The molecular formula is C11H19N3. The lowest BCUT2D eigenvalue weighted by molar-refractivity contribution is 0.669. The van der Waals surface area contributed by atoms with E-state index in [9.17, 15) is 0 Å². The number of pyridine rings is 1. The highest BCUT2D eigenvalue weighted by Gasteiger charge is 2.03. The van der Waals surface area contributed by atoms with Crippen molar-refractivity contribution in [2.45, 2.75) is 32.7 Å². The Labute approximate surface area is 85.9 Å². The van der Waals surface area contributed by atoms with Gasteiger partial charge in [-0.1, -0.05) is 19.9 Å². The van der Waals surface area contributed by atoms with Gasteiger partial charge in [-0.2, -0.15) is 0 Å². The number of rotatable bonds is 5. The Kier molecular flexibility index (Phi) is 4.23. The predicted octanol–water partition coefficient (Wildman–Crippen LogP) is 2.72. The Morgan fingerprint density at radius 1 is 1.21 bits per heavy atom. The molecule has 2 N–H and O–H groups in total. The lowest BCUT2D eigenvalue weighted by atomic mass is 10.2. The molecule has 14 heavy (non-hydrogen) atoms. The molecular weight excluding hydrogens is 174 g/mol. The minimum absolute atomic E-state index is 0.523. The summed E-state index contributed by atoms with van der Waals surface area (Å²) in [5.41, 5.74) is 0. The fourth-order valence-corrected chi connectivity index (χ4v) is 1.36. The minimum atomic E-state index is 0.523. The normalized spacial score (nSPS) is 10.3. The van der Waals surface area contributed by atoms with Gasteiger partial charge in [0.2, 0.25) is 0 Å². The topological polar surface area (TPSA) is 37.0 Å². The smallest absolute Gasteiger partial charge is 0.128 e. The van der Waals surface area contributed by atoms with E-state index in [1.165, 1.54) is 0 Å². The van der Waals surface area contributed by atoms with Gasteiger partial charge in [0.25, 0.3) is 0 Å². The van der Waals surface area contributed by atoms with Gasteiger partial charge in [0.1, 0.15) is 11.6 Å². The van der Waals surface area contributed by atoms with Crippen LogP contribution in [0.1, 0.15) is 26.7 Å². The summed E-state index contributed by atoms with van der Waals surface area (Å²) in [5, 5.41) is 6.43. The monoisotopic (exact) mass is 193 g/mol. The Bertz CT molecular complexity index is 269. The minimum Gasteiger partial charge on any atom is -0.373 e. The van der Waals surface area contributed by atoms with E-state index >= 15 is 0 Å². The van der Waals surface area contributed by atoms with Crippen LogP contribution in [0.25, 0.3) is 0 Å². The molecule has 0 fully saturated rings. The number of nitrogens with zero attached hydrogens (tertiary/aromatic N) is 1. The van der Waals surface area contributed by atoms with Gasteiger partial charge >= 0.3 is 0 Å². The Morgan fingerprint density at radius 2 is 1.86 bits per heavy atom. The van der Waals surface area contributed by atoms with Crippen LogP contribution in [0.3, 0.4) is 0 Å². The van der Waals surface area contributed by atoms with Crippen molar-refractivity contribution in [3.05, 3.63) is 18.2 Å². The molecule has 0 aliphatic carbocycles. The lowest BCUT2D eigenvalue weighted by Crippen LogP contribution is -2.17. The predicted molar refractivity (Wildman–Crippen MR) is 61.8 cm³/mol. The van der Waals surface area contributed by atoms with Gasteiger partial charge in [-0.15, -0.1) is 0 Å². The van der Waals surface area contributed by atoms with Crippen molar-refractivity contribution >= 4 is 11.6 Å². The second-order valence-electron chi connectivity index (χ2n) is 3.32. The van der Waals surface area contributed by atoms with Crippen molar-refractivity contribution in [2.24, 2.45) is 0 Å². The zero-order valence-electron chi connectivity index (χ0n) is 9.17. The maximum absolute atomic E-state index is 4.40. The van der Waals surface area contributed by atoms with E-state index < -0.39 is 0 Å². The van der Waals surface area contributed by atoms with Crippen molar-refractivity contribution in [1.82, 2.24) is 4.98 Å². The molecule has 1 heterocycles. The van der Waals surface area contributed by atoms with Crippen molar-refractivity contribution in [1.29, 1.82) is 0 Å². The number of hydrogen-bond acceptors (Lipinski definition) is 3. The van der Waals surface area contributed by atoms with Crippen molar-refractivity contribution in [3.63, 3.8) is 0 Å². The molecule has 0 atom stereocenters. The summed E-state index contributed by atoms with van der Waals surface area (Å²) in [4.78, 5) is 4.40. The van der Waals surface area contributed by atoms with Crippen LogP contribution < -0.4 is 10.6 Å². The molecule has 0 bridgehead atoms. The average molecular weight is 193 g/mol. The van der Waals surface area contributed by atoms with Crippen LogP contribution in [0.2, 0.25) is 0 Å². The molecule has 0 saturated heterocycles. The van der Waals surface area contributed by atoms with E-state index in [2.05, 4.69) is 29.5 Å². The highest BCUT2D eigenvalue weighted by Crippen LogP contribution is 2.11. The molecule has 1 aromatic heterocycles. The van der Waals surface area contributed by atoms with E-state index in [0.29, 0.717) is 6.04 Å². The zero-order valence-corrected chi connectivity index (χ0v) is 9.17. The second-order valence-corrected chi connectivity index (χ2v) is 3.32. The van der Waals surface area contributed by atoms with E-state index in [4.69, 9.17) is 0 Å². The molecule has 0 amide bonds. The maximum Gasteiger partial charge on any atom is 0.128 e. The summed E-state index contributed by atoms with van der Waals surface area (Å²) in [6.07, 6.45) is 2.25. The van der Waals surface area contributed by atoms with Crippen molar-refractivity contribution < 1.29 is 0 Å². The van der Waals surface area contributed by atoms with E-state index in [-0.39, 0.29) is 0 Å². The van der Waals surface area contributed by atoms with Crippen molar-refractivity contribution in [2.75, 3.05) is 17.7 Å². The molecule has 0 aliphatic heterocycles. The van der Waals surface area contributed by atoms with E-state index in [1.807, 2.05) is 25.2 Å². The third-order valence-corrected chi connectivity index (χ3v) is 2.34. The highest BCUT2D eigenvalue weighted by atomic mass is 15.1.